The Morgan fingerprint density at radius 1 is 1.12 bits per heavy atom. The molecule has 3 atom stereocenters. The van der Waals surface area contributed by atoms with E-state index in [-0.39, 0.29) is 26.9 Å². The fourth-order valence-electron chi connectivity index (χ4n) is 3.63. The maximum absolute atomic E-state index is 13.7. The van der Waals surface area contributed by atoms with E-state index in [1.54, 1.807) is 11.8 Å². The Morgan fingerprint density at radius 3 is 2.29 bits per heavy atom. The molecule has 3 rings (SSSR count). The molecule has 2 heterocycles. The molecule has 0 bridgehead atoms. The molecular formula is C18H28NO3PS. The normalized spacial score (nSPS) is 37.2. The molecule has 2 aliphatic rings. The zero-order chi connectivity index (χ0) is 17.8. The lowest BCUT2D eigenvalue weighted by Gasteiger charge is -2.45. The van der Waals surface area contributed by atoms with Gasteiger partial charge >= 0.3 is 7.60 Å². The molecule has 134 valence electrons. The van der Waals surface area contributed by atoms with E-state index in [2.05, 4.69) is 46.9 Å². The van der Waals surface area contributed by atoms with E-state index >= 15 is 0 Å². The van der Waals surface area contributed by atoms with Crippen molar-refractivity contribution in [2.45, 2.75) is 63.0 Å². The van der Waals surface area contributed by atoms with E-state index in [1.807, 2.05) is 30.3 Å². The van der Waals surface area contributed by atoms with Gasteiger partial charge in [0, 0.05) is 10.2 Å². The third-order valence-electron chi connectivity index (χ3n) is 4.66. The summed E-state index contributed by atoms with van der Waals surface area (Å²) < 4.78 is 25.6. The minimum Gasteiger partial charge on any atom is -0.307 e. The van der Waals surface area contributed by atoms with Crippen molar-refractivity contribution in [3.8, 4) is 0 Å². The lowest BCUT2D eigenvalue weighted by atomic mass is 9.83. The molecule has 0 aliphatic carbocycles. The van der Waals surface area contributed by atoms with E-state index < -0.39 is 7.60 Å². The Morgan fingerprint density at radius 2 is 1.75 bits per heavy atom. The quantitative estimate of drug-likeness (QED) is 0.729. The highest BCUT2D eigenvalue weighted by atomic mass is 32.2. The smallest absolute Gasteiger partial charge is 0.307 e. The van der Waals surface area contributed by atoms with Gasteiger partial charge < -0.3 is 4.52 Å². The summed E-state index contributed by atoms with van der Waals surface area (Å²) in [5.74, 6) is -0.327. The van der Waals surface area contributed by atoms with Crippen molar-refractivity contribution < 1.29 is 13.6 Å². The van der Waals surface area contributed by atoms with Crippen LogP contribution in [0.5, 0.6) is 0 Å². The van der Waals surface area contributed by atoms with Crippen LogP contribution in [0.3, 0.4) is 0 Å². The van der Waals surface area contributed by atoms with Crippen molar-refractivity contribution in [3.05, 3.63) is 35.9 Å². The Labute approximate surface area is 149 Å². The predicted octanol–water partition coefficient (Wildman–Crippen LogP) is 5.17. The average Bonchev–Trinajstić information content (AvgIpc) is 2.71. The molecule has 0 aromatic heterocycles. The van der Waals surface area contributed by atoms with E-state index in [0.717, 1.165) is 5.56 Å². The zero-order valence-corrected chi connectivity index (χ0v) is 17.0. The minimum absolute atomic E-state index is 0.159. The Balaban J connectivity index is 1.94. The molecule has 0 spiro atoms. The minimum atomic E-state index is -3.30. The topological polar surface area (TPSA) is 47.6 Å². The molecule has 1 unspecified atom stereocenters. The van der Waals surface area contributed by atoms with Gasteiger partial charge in [-0.15, -0.1) is 11.8 Å². The van der Waals surface area contributed by atoms with E-state index in [1.165, 1.54) is 0 Å². The summed E-state index contributed by atoms with van der Waals surface area (Å²) in [6.07, 6.45) is -0.246. The van der Waals surface area contributed by atoms with Crippen molar-refractivity contribution in [2.24, 2.45) is 5.41 Å². The zero-order valence-electron chi connectivity index (χ0n) is 15.3. The van der Waals surface area contributed by atoms with Gasteiger partial charge in [0.05, 0.1) is 17.6 Å². The molecule has 1 aromatic rings. The van der Waals surface area contributed by atoms with Crippen LogP contribution in [0.15, 0.2) is 30.3 Å². The van der Waals surface area contributed by atoms with Crippen LogP contribution in [0.25, 0.3) is 0 Å². The Bertz CT molecular complexity index is 659. The first-order valence-corrected chi connectivity index (χ1v) is 10.8. The van der Waals surface area contributed by atoms with Crippen molar-refractivity contribution >= 4 is 19.4 Å². The van der Waals surface area contributed by atoms with E-state index in [4.69, 9.17) is 9.05 Å². The van der Waals surface area contributed by atoms with Crippen LogP contribution in [-0.2, 0) is 13.6 Å². The second-order valence-electron chi connectivity index (χ2n) is 8.46. The number of benzene rings is 1. The molecule has 2 saturated heterocycles. The molecule has 2 fully saturated rings. The third-order valence-corrected chi connectivity index (χ3v) is 8.62. The van der Waals surface area contributed by atoms with Gasteiger partial charge in [-0.2, -0.15) is 0 Å². The molecule has 1 aromatic carbocycles. The van der Waals surface area contributed by atoms with Gasteiger partial charge in [0.1, 0.15) is 5.78 Å². The molecule has 24 heavy (non-hydrogen) atoms. The van der Waals surface area contributed by atoms with Crippen molar-refractivity contribution in [3.63, 3.8) is 0 Å². The second kappa shape index (κ2) is 5.85. The SMILES string of the molecule is CC1(C)NC([P@]2(=O)OCC(C)(C)[C@@H](c3ccccc3)O2)C(C)(C)S1. The summed E-state index contributed by atoms with van der Waals surface area (Å²) in [5.41, 5.74) is 0.814. The van der Waals surface area contributed by atoms with Crippen LogP contribution < -0.4 is 5.32 Å². The maximum atomic E-state index is 13.7. The second-order valence-corrected chi connectivity index (χ2v) is 12.8. The van der Waals surface area contributed by atoms with E-state index in [0.29, 0.717) is 6.61 Å². The van der Waals surface area contributed by atoms with Crippen LogP contribution in [0.2, 0.25) is 0 Å². The average molecular weight is 369 g/mol. The molecule has 0 radical (unpaired) electrons. The standard InChI is InChI=1S/C18H28NO3PS/c1-16(2)12-21-23(20,15-17(3,4)24-18(5,6)19-15)22-14(16)13-10-8-7-9-11-13/h7-11,14-15,19H,12H2,1-6H3/t14-,15?,23+/m1/s1. The number of nitrogens with one attached hydrogen (secondary N) is 1. The summed E-state index contributed by atoms with van der Waals surface area (Å²) in [4.78, 5) is -0.159. The largest absolute Gasteiger partial charge is 0.349 e. The Kier molecular flexibility index (Phi) is 4.50. The number of rotatable bonds is 2. The molecule has 2 aliphatic heterocycles. The number of hydrogen-bond donors (Lipinski definition) is 1. The van der Waals surface area contributed by atoms with Crippen LogP contribution in [0.1, 0.15) is 53.2 Å². The van der Waals surface area contributed by atoms with Crippen molar-refractivity contribution in [1.82, 2.24) is 5.32 Å². The summed E-state index contributed by atoms with van der Waals surface area (Å²) in [6, 6.07) is 10.0. The van der Waals surface area contributed by atoms with Crippen LogP contribution >= 0.6 is 19.4 Å². The Hall–Kier alpha value is -0.320. The van der Waals surface area contributed by atoms with Gasteiger partial charge in [0.15, 0.2) is 0 Å². The van der Waals surface area contributed by atoms with Gasteiger partial charge in [-0.1, -0.05) is 44.2 Å². The van der Waals surface area contributed by atoms with Gasteiger partial charge in [-0.3, -0.25) is 14.4 Å². The predicted molar refractivity (Wildman–Crippen MR) is 100 cm³/mol. The number of hydrogen-bond acceptors (Lipinski definition) is 5. The molecule has 6 heteroatoms. The maximum Gasteiger partial charge on any atom is 0.349 e. The summed E-state index contributed by atoms with van der Waals surface area (Å²) in [5, 5.41) is 3.48. The highest BCUT2D eigenvalue weighted by Gasteiger charge is 2.58. The first-order chi connectivity index (χ1) is 11.0. The van der Waals surface area contributed by atoms with Gasteiger partial charge in [0.25, 0.3) is 0 Å². The highest BCUT2D eigenvalue weighted by Crippen LogP contribution is 2.68. The van der Waals surface area contributed by atoms with Crippen molar-refractivity contribution in [1.29, 1.82) is 0 Å². The van der Waals surface area contributed by atoms with Gasteiger partial charge in [0.2, 0.25) is 0 Å². The molecule has 4 nitrogen and oxygen atoms in total. The molecule has 0 amide bonds. The third kappa shape index (κ3) is 3.34. The van der Waals surface area contributed by atoms with Gasteiger partial charge in [-0.05, 0) is 33.3 Å². The summed E-state index contributed by atoms with van der Waals surface area (Å²) in [6.45, 7) is 13.0. The van der Waals surface area contributed by atoms with Crippen LogP contribution in [0.4, 0.5) is 0 Å². The fraction of sp³-hybridized carbons (Fsp3) is 0.667. The summed E-state index contributed by atoms with van der Waals surface area (Å²) >= 11 is 1.78. The molecule has 1 N–H and O–H groups in total. The van der Waals surface area contributed by atoms with Gasteiger partial charge in [-0.25, -0.2) is 0 Å². The van der Waals surface area contributed by atoms with E-state index in [9.17, 15) is 4.57 Å². The highest BCUT2D eigenvalue weighted by molar-refractivity contribution is 8.02. The first kappa shape index (κ1) is 18.5. The van der Waals surface area contributed by atoms with Crippen molar-refractivity contribution in [2.75, 3.05) is 6.61 Å². The monoisotopic (exact) mass is 369 g/mol. The summed E-state index contributed by atoms with van der Waals surface area (Å²) in [7, 11) is -3.30. The fourth-order valence-corrected chi connectivity index (χ4v) is 8.72. The lowest BCUT2D eigenvalue weighted by Crippen LogP contribution is -2.45. The molecular weight excluding hydrogens is 341 g/mol. The first-order valence-electron chi connectivity index (χ1n) is 8.41. The molecule has 0 saturated carbocycles. The van der Waals surface area contributed by atoms with Crippen LogP contribution in [-0.4, -0.2) is 22.0 Å². The lowest BCUT2D eigenvalue weighted by molar-refractivity contribution is -0.0310. The number of thioether (sulfide) groups is 1. The van der Waals surface area contributed by atoms with Crippen LogP contribution in [0, 0.1) is 5.41 Å².